The van der Waals surface area contributed by atoms with Gasteiger partial charge in [0.15, 0.2) is 0 Å². The summed E-state index contributed by atoms with van der Waals surface area (Å²) in [6, 6.07) is 1.52. The number of furan rings is 1. The summed E-state index contributed by atoms with van der Waals surface area (Å²) in [6.45, 7) is 9.88. The third kappa shape index (κ3) is 5.26. The summed E-state index contributed by atoms with van der Waals surface area (Å²) in [6.07, 6.45) is 2.18. The predicted octanol–water partition coefficient (Wildman–Crippen LogP) is 3.31. The topological polar surface area (TPSA) is 89.8 Å². The summed E-state index contributed by atoms with van der Waals surface area (Å²) < 4.78 is 16.1. The van der Waals surface area contributed by atoms with Crippen LogP contribution >= 0.6 is 0 Å². The number of carbonyl (C=O) groups is 2. The molecule has 1 atom stereocenters. The molecular formula is C17H26N2O5. The molecule has 1 aromatic rings. The summed E-state index contributed by atoms with van der Waals surface area (Å²) in [4.78, 5) is 24.3. The first kappa shape index (κ1) is 18.3. The Hall–Kier alpha value is -2.02. The average Bonchev–Trinajstić information content (AvgIpc) is 2.83. The van der Waals surface area contributed by atoms with Gasteiger partial charge in [-0.15, -0.1) is 0 Å². The van der Waals surface area contributed by atoms with E-state index in [2.05, 4.69) is 10.6 Å². The van der Waals surface area contributed by atoms with E-state index in [1.807, 2.05) is 13.8 Å². The first-order valence-corrected chi connectivity index (χ1v) is 8.08. The molecule has 0 saturated carbocycles. The van der Waals surface area contributed by atoms with Gasteiger partial charge in [-0.3, -0.25) is 10.1 Å². The molecule has 7 nitrogen and oxygen atoms in total. The van der Waals surface area contributed by atoms with Gasteiger partial charge in [0.05, 0.1) is 17.6 Å². The molecule has 0 unspecified atom stereocenters. The molecule has 0 bridgehead atoms. The van der Waals surface area contributed by atoms with Crippen LogP contribution in [0.25, 0.3) is 0 Å². The average molecular weight is 338 g/mol. The van der Waals surface area contributed by atoms with Crippen LogP contribution in [0.3, 0.4) is 0 Å². The van der Waals surface area contributed by atoms with Gasteiger partial charge in [-0.1, -0.05) is 0 Å². The Bertz CT molecular complexity index is 600. The molecular weight excluding hydrogens is 312 g/mol. The van der Waals surface area contributed by atoms with Crippen LogP contribution in [-0.2, 0) is 9.47 Å². The maximum absolute atomic E-state index is 12.4. The molecule has 0 radical (unpaired) electrons. The molecule has 1 aliphatic rings. The van der Waals surface area contributed by atoms with E-state index in [9.17, 15) is 9.59 Å². The van der Waals surface area contributed by atoms with E-state index < -0.39 is 11.7 Å². The van der Waals surface area contributed by atoms with Crippen molar-refractivity contribution in [3.05, 3.63) is 18.1 Å². The van der Waals surface area contributed by atoms with Crippen LogP contribution in [0.5, 0.6) is 0 Å². The van der Waals surface area contributed by atoms with E-state index in [-0.39, 0.29) is 29.0 Å². The molecule has 2 amide bonds. The van der Waals surface area contributed by atoms with E-state index >= 15 is 0 Å². The minimum Gasteiger partial charge on any atom is -0.457 e. The smallest absolute Gasteiger partial charge is 0.412 e. The van der Waals surface area contributed by atoms with Crippen molar-refractivity contribution in [3.8, 4) is 0 Å². The van der Waals surface area contributed by atoms with Crippen molar-refractivity contribution >= 4 is 17.7 Å². The van der Waals surface area contributed by atoms with E-state index in [0.29, 0.717) is 13.0 Å². The minimum atomic E-state index is -0.634. The van der Waals surface area contributed by atoms with Gasteiger partial charge in [-0.2, -0.15) is 0 Å². The van der Waals surface area contributed by atoms with Gasteiger partial charge < -0.3 is 19.2 Å². The lowest BCUT2D eigenvalue weighted by Crippen LogP contribution is -2.45. The SMILES string of the molecule is CC(C)(C)OC(=O)Nc1ccoc1C(=O)N[C@@H]1CCOC(C)(C)C1. The van der Waals surface area contributed by atoms with E-state index in [4.69, 9.17) is 13.9 Å². The maximum atomic E-state index is 12.4. The van der Waals surface area contributed by atoms with Crippen molar-refractivity contribution in [3.63, 3.8) is 0 Å². The van der Waals surface area contributed by atoms with Crippen molar-refractivity contribution in [2.45, 2.75) is 64.7 Å². The normalized spacial score (nSPS) is 20.3. The Kier molecular flexibility index (Phi) is 5.22. The molecule has 1 aromatic heterocycles. The van der Waals surface area contributed by atoms with Crippen LogP contribution in [0.2, 0.25) is 0 Å². The van der Waals surface area contributed by atoms with E-state index in [0.717, 1.165) is 6.42 Å². The summed E-state index contributed by atoms with van der Waals surface area (Å²) in [7, 11) is 0. The minimum absolute atomic E-state index is 0.000673. The van der Waals surface area contributed by atoms with E-state index in [1.165, 1.54) is 12.3 Å². The van der Waals surface area contributed by atoms with Gasteiger partial charge in [0.25, 0.3) is 5.91 Å². The Morgan fingerprint density at radius 1 is 1.33 bits per heavy atom. The standard InChI is InChI=1S/C17H26N2O5/c1-16(2,3)24-15(21)19-12-7-8-22-13(12)14(20)18-11-6-9-23-17(4,5)10-11/h7-8,11H,6,9-10H2,1-5H3,(H,18,20)(H,19,21)/t11-/m1/s1. The number of anilines is 1. The monoisotopic (exact) mass is 338 g/mol. The van der Waals surface area contributed by atoms with Crippen LogP contribution in [-0.4, -0.2) is 35.9 Å². The lowest BCUT2D eigenvalue weighted by atomic mass is 9.94. The zero-order valence-corrected chi connectivity index (χ0v) is 14.9. The molecule has 0 spiro atoms. The van der Waals surface area contributed by atoms with Crippen molar-refractivity contribution in [2.24, 2.45) is 0 Å². The molecule has 7 heteroatoms. The largest absolute Gasteiger partial charge is 0.457 e. The van der Waals surface area contributed by atoms with Crippen LogP contribution < -0.4 is 10.6 Å². The van der Waals surface area contributed by atoms with E-state index in [1.54, 1.807) is 20.8 Å². The summed E-state index contributed by atoms with van der Waals surface area (Å²) in [5.74, 6) is -0.307. The van der Waals surface area contributed by atoms with Crippen molar-refractivity contribution < 1.29 is 23.5 Å². The molecule has 0 aromatic carbocycles. The number of hydrogen-bond donors (Lipinski definition) is 2. The molecule has 2 rings (SSSR count). The number of hydrogen-bond acceptors (Lipinski definition) is 5. The van der Waals surface area contributed by atoms with Gasteiger partial charge in [0.2, 0.25) is 5.76 Å². The second-order valence-electron chi connectivity index (χ2n) is 7.56. The Balaban J connectivity index is 1.98. The third-order valence-corrected chi connectivity index (χ3v) is 3.54. The maximum Gasteiger partial charge on any atom is 0.412 e. The summed E-state index contributed by atoms with van der Waals surface area (Å²) in [5, 5.41) is 5.48. The fourth-order valence-electron chi connectivity index (χ4n) is 2.60. The summed E-state index contributed by atoms with van der Waals surface area (Å²) in [5.41, 5.74) is -0.603. The molecule has 1 aliphatic heterocycles. The van der Waals surface area contributed by atoms with Gasteiger partial charge in [0.1, 0.15) is 5.60 Å². The Morgan fingerprint density at radius 2 is 2.04 bits per heavy atom. The van der Waals surface area contributed by atoms with Crippen LogP contribution in [0.15, 0.2) is 16.7 Å². The van der Waals surface area contributed by atoms with Gasteiger partial charge in [-0.25, -0.2) is 4.79 Å². The molecule has 1 fully saturated rings. The van der Waals surface area contributed by atoms with Crippen molar-refractivity contribution in [1.82, 2.24) is 5.32 Å². The number of amides is 2. The van der Waals surface area contributed by atoms with Crippen molar-refractivity contribution in [1.29, 1.82) is 0 Å². The predicted molar refractivity (Wildman–Crippen MR) is 89.1 cm³/mol. The Labute approximate surface area is 142 Å². The molecule has 24 heavy (non-hydrogen) atoms. The Morgan fingerprint density at radius 3 is 2.67 bits per heavy atom. The zero-order valence-electron chi connectivity index (χ0n) is 14.9. The lowest BCUT2D eigenvalue weighted by molar-refractivity contribution is -0.0616. The summed E-state index contributed by atoms with van der Waals surface area (Å²) >= 11 is 0. The third-order valence-electron chi connectivity index (χ3n) is 3.54. The highest BCUT2D eigenvalue weighted by molar-refractivity contribution is 6.00. The number of rotatable bonds is 3. The second kappa shape index (κ2) is 6.84. The zero-order chi connectivity index (χ0) is 18.0. The molecule has 134 valence electrons. The highest BCUT2D eigenvalue weighted by Crippen LogP contribution is 2.25. The van der Waals surface area contributed by atoms with Gasteiger partial charge >= 0.3 is 6.09 Å². The number of ether oxygens (including phenoxy) is 2. The highest BCUT2D eigenvalue weighted by atomic mass is 16.6. The quantitative estimate of drug-likeness (QED) is 0.882. The molecule has 2 N–H and O–H groups in total. The molecule has 1 saturated heterocycles. The number of nitrogens with one attached hydrogen (secondary N) is 2. The van der Waals surface area contributed by atoms with Crippen LogP contribution in [0, 0.1) is 0 Å². The fourth-order valence-corrected chi connectivity index (χ4v) is 2.60. The van der Waals surface area contributed by atoms with Crippen molar-refractivity contribution in [2.75, 3.05) is 11.9 Å². The molecule has 2 heterocycles. The first-order valence-electron chi connectivity index (χ1n) is 8.08. The van der Waals surface area contributed by atoms with Gasteiger partial charge in [0, 0.05) is 18.7 Å². The van der Waals surface area contributed by atoms with Crippen LogP contribution in [0.4, 0.5) is 10.5 Å². The number of carbonyl (C=O) groups excluding carboxylic acids is 2. The van der Waals surface area contributed by atoms with Gasteiger partial charge in [-0.05, 0) is 47.5 Å². The lowest BCUT2D eigenvalue weighted by Gasteiger charge is -2.35. The highest BCUT2D eigenvalue weighted by Gasteiger charge is 2.31. The first-order chi connectivity index (χ1) is 11.1. The fraction of sp³-hybridized carbons (Fsp3) is 0.647. The van der Waals surface area contributed by atoms with Crippen LogP contribution in [0.1, 0.15) is 58.0 Å². The second-order valence-corrected chi connectivity index (χ2v) is 7.56. The molecule has 0 aliphatic carbocycles.